The van der Waals surface area contributed by atoms with Crippen LogP contribution in [0.4, 0.5) is 0 Å². The molecule has 1 aliphatic heterocycles. The van der Waals surface area contributed by atoms with Gasteiger partial charge in [0.1, 0.15) is 0 Å². The van der Waals surface area contributed by atoms with Gasteiger partial charge in [0.2, 0.25) is 5.91 Å². The normalized spacial score (nSPS) is 29.6. The Bertz CT molecular complexity index is 286. The van der Waals surface area contributed by atoms with Crippen molar-refractivity contribution in [3.05, 3.63) is 0 Å². The lowest BCUT2D eigenvalue weighted by atomic mass is 9.90. The van der Waals surface area contributed by atoms with Gasteiger partial charge in [-0.15, -0.1) is 0 Å². The van der Waals surface area contributed by atoms with Crippen LogP contribution in [0.1, 0.15) is 52.9 Å². The average Bonchev–Trinajstić information content (AvgIpc) is 3.12. The quantitative estimate of drug-likeness (QED) is 0.815. The maximum atomic E-state index is 11.8. The molecule has 3 nitrogen and oxygen atoms in total. The first-order valence-electron chi connectivity index (χ1n) is 7.64. The molecule has 0 aromatic rings. The Balaban J connectivity index is 1.89. The summed E-state index contributed by atoms with van der Waals surface area (Å²) >= 11 is 0. The number of carbonyl (C=O) groups is 1. The Morgan fingerprint density at radius 3 is 2.61 bits per heavy atom. The molecule has 104 valence electrons. The Morgan fingerprint density at radius 1 is 1.33 bits per heavy atom. The molecule has 2 unspecified atom stereocenters. The summed E-state index contributed by atoms with van der Waals surface area (Å²) in [6.45, 7) is 8.54. The number of amides is 1. The molecule has 0 bridgehead atoms. The maximum Gasteiger partial charge on any atom is 0.222 e. The number of hydrogen-bond donors (Lipinski definition) is 1. The lowest BCUT2D eigenvalue weighted by Crippen LogP contribution is -2.52. The molecule has 1 amide bonds. The van der Waals surface area contributed by atoms with E-state index < -0.39 is 0 Å². The molecule has 1 saturated carbocycles. The minimum Gasteiger partial charge on any atom is -0.352 e. The Kier molecular flexibility index (Phi) is 4.66. The molecule has 18 heavy (non-hydrogen) atoms. The number of nitrogens with zero attached hydrogens (tertiary/aromatic N) is 1. The van der Waals surface area contributed by atoms with E-state index in [9.17, 15) is 4.79 Å². The minimum absolute atomic E-state index is 0.103. The lowest BCUT2D eigenvalue weighted by Gasteiger charge is -2.38. The zero-order chi connectivity index (χ0) is 13.1. The highest BCUT2D eigenvalue weighted by Crippen LogP contribution is 2.32. The molecule has 2 atom stereocenters. The van der Waals surface area contributed by atoms with Crippen LogP contribution in [-0.2, 0) is 4.79 Å². The van der Waals surface area contributed by atoms with Gasteiger partial charge in [0.15, 0.2) is 0 Å². The summed E-state index contributed by atoms with van der Waals surface area (Å²) in [4.78, 5) is 14.5. The molecular weight excluding hydrogens is 224 g/mol. The fourth-order valence-electron chi connectivity index (χ4n) is 3.07. The Morgan fingerprint density at radius 2 is 2.06 bits per heavy atom. The first-order chi connectivity index (χ1) is 8.60. The summed E-state index contributed by atoms with van der Waals surface area (Å²) < 4.78 is 0. The smallest absolute Gasteiger partial charge is 0.222 e. The summed E-state index contributed by atoms with van der Waals surface area (Å²) in [5.74, 6) is 1.10. The third kappa shape index (κ3) is 3.71. The molecule has 1 heterocycles. The monoisotopic (exact) mass is 252 g/mol. The van der Waals surface area contributed by atoms with Crippen molar-refractivity contribution in [3.63, 3.8) is 0 Å². The van der Waals surface area contributed by atoms with Crippen LogP contribution < -0.4 is 5.32 Å². The summed E-state index contributed by atoms with van der Waals surface area (Å²) in [5, 5.41) is 3.24. The van der Waals surface area contributed by atoms with Crippen LogP contribution in [-0.4, -0.2) is 36.0 Å². The molecule has 1 aliphatic carbocycles. The fraction of sp³-hybridized carbons (Fsp3) is 0.933. The largest absolute Gasteiger partial charge is 0.352 e. The van der Waals surface area contributed by atoms with Crippen LogP contribution in [0.2, 0.25) is 0 Å². The van der Waals surface area contributed by atoms with E-state index in [4.69, 9.17) is 0 Å². The van der Waals surface area contributed by atoms with Crippen molar-refractivity contribution in [1.82, 2.24) is 10.2 Å². The third-order valence-electron chi connectivity index (χ3n) is 4.20. The molecule has 2 fully saturated rings. The highest BCUT2D eigenvalue weighted by molar-refractivity contribution is 5.78. The number of hydrogen-bond acceptors (Lipinski definition) is 2. The number of likely N-dealkylation sites (tertiary alicyclic amines) is 1. The molecule has 2 aliphatic rings. The average molecular weight is 252 g/mol. The molecule has 1 saturated heterocycles. The van der Waals surface area contributed by atoms with Gasteiger partial charge in [0.05, 0.1) is 0 Å². The topological polar surface area (TPSA) is 32.3 Å². The van der Waals surface area contributed by atoms with Gasteiger partial charge >= 0.3 is 0 Å². The molecule has 0 spiro atoms. The highest BCUT2D eigenvalue weighted by atomic mass is 16.1. The summed E-state index contributed by atoms with van der Waals surface area (Å²) in [6, 6.07) is 1.20. The molecule has 2 rings (SSSR count). The fourth-order valence-corrected chi connectivity index (χ4v) is 3.07. The van der Waals surface area contributed by atoms with Crippen LogP contribution in [0.15, 0.2) is 0 Å². The molecule has 3 heteroatoms. The molecule has 1 N–H and O–H groups in total. The van der Waals surface area contributed by atoms with Crippen LogP contribution >= 0.6 is 0 Å². The van der Waals surface area contributed by atoms with Gasteiger partial charge in [0, 0.05) is 31.1 Å². The van der Waals surface area contributed by atoms with Crippen molar-refractivity contribution in [2.75, 3.05) is 13.1 Å². The second-order valence-electron chi connectivity index (χ2n) is 6.44. The van der Waals surface area contributed by atoms with Gasteiger partial charge in [-0.05, 0) is 31.6 Å². The standard InChI is InChI=1S/C15H28N2O/c1-4-5-12-8-13(16-15(18)11(2)3)10-17(9-12)14-6-7-14/h11-14H,4-10H2,1-3H3,(H,16,18). The van der Waals surface area contributed by atoms with E-state index >= 15 is 0 Å². The lowest BCUT2D eigenvalue weighted by molar-refractivity contribution is -0.125. The zero-order valence-electron chi connectivity index (χ0n) is 12.1. The van der Waals surface area contributed by atoms with Gasteiger partial charge in [-0.25, -0.2) is 0 Å². The molecule has 0 radical (unpaired) electrons. The second kappa shape index (κ2) is 6.05. The van der Waals surface area contributed by atoms with Gasteiger partial charge in [-0.1, -0.05) is 27.2 Å². The van der Waals surface area contributed by atoms with Crippen molar-refractivity contribution in [1.29, 1.82) is 0 Å². The number of rotatable bonds is 5. The Hall–Kier alpha value is -0.570. The van der Waals surface area contributed by atoms with Crippen molar-refractivity contribution in [2.24, 2.45) is 11.8 Å². The van der Waals surface area contributed by atoms with Gasteiger partial charge in [0.25, 0.3) is 0 Å². The summed E-state index contributed by atoms with van der Waals surface area (Å²) in [5.41, 5.74) is 0. The Labute approximate surface area is 111 Å². The summed E-state index contributed by atoms with van der Waals surface area (Å²) in [6.07, 6.45) is 6.47. The maximum absolute atomic E-state index is 11.8. The molecule has 0 aromatic heterocycles. The van der Waals surface area contributed by atoms with Crippen LogP contribution in [0, 0.1) is 11.8 Å². The van der Waals surface area contributed by atoms with E-state index in [1.165, 1.54) is 38.6 Å². The van der Waals surface area contributed by atoms with E-state index in [0.717, 1.165) is 18.5 Å². The minimum atomic E-state index is 0.103. The summed E-state index contributed by atoms with van der Waals surface area (Å²) in [7, 11) is 0. The van der Waals surface area contributed by atoms with Gasteiger partial charge < -0.3 is 5.32 Å². The third-order valence-corrected chi connectivity index (χ3v) is 4.20. The second-order valence-corrected chi connectivity index (χ2v) is 6.44. The molecular formula is C15H28N2O. The van der Waals surface area contributed by atoms with Crippen LogP contribution in [0.5, 0.6) is 0 Å². The van der Waals surface area contributed by atoms with Crippen molar-refractivity contribution >= 4 is 5.91 Å². The predicted molar refractivity (Wildman–Crippen MR) is 74.4 cm³/mol. The zero-order valence-corrected chi connectivity index (χ0v) is 12.1. The van der Waals surface area contributed by atoms with Crippen molar-refractivity contribution in [3.8, 4) is 0 Å². The predicted octanol–water partition coefficient (Wildman–Crippen LogP) is 2.41. The number of nitrogens with one attached hydrogen (secondary N) is 1. The van der Waals surface area contributed by atoms with E-state index in [2.05, 4.69) is 17.1 Å². The molecule has 0 aromatic carbocycles. The van der Waals surface area contributed by atoms with Gasteiger partial charge in [-0.3, -0.25) is 9.69 Å². The van der Waals surface area contributed by atoms with Gasteiger partial charge in [-0.2, -0.15) is 0 Å². The van der Waals surface area contributed by atoms with E-state index in [0.29, 0.717) is 6.04 Å². The number of carbonyl (C=O) groups excluding carboxylic acids is 1. The van der Waals surface area contributed by atoms with E-state index in [1.807, 2.05) is 13.8 Å². The first kappa shape index (κ1) is 13.9. The van der Waals surface area contributed by atoms with E-state index in [1.54, 1.807) is 0 Å². The van der Waals surface area contributed by atoms with Crippen molar-refractivity contribution < 1.29 is 4.79 Å². The number of piperidine rings is 1. The first-order valence-corrected chi connectivity index (χ1v) is 7.64. The van der Waals surface area contributed by atoms with E-state index in [-0.39, 0.29) is 11.8 Å². The highest BCUT2D eigenvalue weighted by Gasteiger charge is 2.36. The SMILES string of the molecule is CCCC1CC(NC(=O)C(C)C)CN(C2CC2)C1. The van der Waals surface area contributed by atoms with Crippen molar-refractivity contribution in [2.45, 2.75) is 65.0 Å². The van der Waals surface area contributed by atoms with Crippen LogP contribution in [0.25, 0.3) is 0 Å². The van der Waals surface area contributed by atoms with Crippen LogP contribution in [0.3, 0.4) is 0 Å².